The number of anilines is 2. The zero-order chi connectivity index (χ0) is 15.7. The number of nitrogens with zero attached hydrogens (tertiary/aromatic N) is 1. The fourth-order valence-corrected chi connectivity index (χ4v) is 1.40. The molecule has 0 aliphatic heterocycles. The minimum absolute atomic E-state index is 0.0930. The summed E-state index contributed by atoms with van der Waals surface area (Å²) in [5, 5.41) is 1.60. The van der Waals surface area contributed by atoms with Crippen molar-refractivity contribution in [1.82, 2.24) is 0 Å². The number of rotatable bonds is 3. The highest BCUT2D eigenvalue weighted by molar-refractivity contribution is 5.97. The number of alkyl halides is 5. The molecule has 1 rings (SSSR count). The third-order valence-corrected chi connectivity index (χ3v) is 2.62. The zero-order valence-electron chi connectivity index (χ0n) is 11.0. The number of hydrogen-bond donors (Lipinski definition) is 1. The molecule has 20 heavy (non-hydrogen) atoms. The van der Waals surface area contributed by atoms with E-state index in [0.717, 1.165) is 5.69 Å². The summed E-state index contributed by atoms with van der Waals surface area (Å²) in [7, 11) is 3.48. The zero-order valence-corrected chi connectivity index (χ0v) is 11.0. The van der Waals surface area contributed by atoms with Gasteiger partial charge in [-0.15, -0.1) is 0 Å². The number of amides is 1. The molecule has 0 heterocycles. The molecule has 0 saturated carbocycles. The van der Waals surface area contributed by atoms with Crippen LogP contribution in [0.4, 0.5) is 33.3 Å². The van der Waals surface area contributed by atoms with Crippen molar-refractivity contribution in [2.75, 3.05) is 24.3 Å². The van der Waals surface area contributed by atoms with E-state index in [1.165, 1.54) is 19.1 Å². The third kappa shape index (κ3) is 3.17. The third-order valence-electron chi connectivity index (χ3n) is 2.62. The predicted molar refractivity (Wildman–Crippen MR) is 65.1 cm³/mol. The second-order valence-electron chi connectivity index (χ2n) is 4.42. The maximum Gasteiger partial charge on any atom is 0.463 e. The van der Waals surface area contributed by atoms with E-state index in [1.807, 2.05) is 0 Å². The summed E-state index contributed by atoms with van der Waals surface area (Å²) in [6.45, 7) is 1.49. The predicted octanol–water partition coefficient (Wildman–Crippen LogP) is 3.20. The van der Waals surface area contributed by atoms with Crippen LogP contribution in [0.1, 0.15) is 5.56 Å². The number of nitrogens with one attached hydrogen (secondary N) is 1. The second-order valence-corrected chi connectivity index (χ2v) is 4.42. The maximum absolute atomic E-state index is 12.8. The molecule has 1 aromatic rings. The Balaban J connectivity index is 2.98. The molecule has 112 valence electrons. The smallest absolute Gasteiger partial charge is 0.378 e. The largest absolute Gasteiger partial charge is 0.463 e. The average Bonchev–Trinajstić information content (AvgIpc) is 2.29. The standard InChI is InChI=1S/C12H13F5N2O/c1-7-6-8(19(2)3)4-5-9(7)18-10(20)11(13,14)12(15,16)17/h4-6H,1-3H3,(H,18,20). The van der Waals surface area contributed by atoms with Crippen molar-refractivity contribution in [2.24, 2.45) is 0 Å². The van der Waals surface area contributed by atoms with Crippen LogP contribution < -0.4 is 10.2 Å². The van der Waals surface area contributed by atoms with Gasteiger partial charge in [0, 0.05) is 25.5 Å². The Morgan fingerprint density at radius 3 is 2.10 bits per heavy atom. The molecule has 0 aliphatic carbocycles. The molecule has 0 fully saturated rings. The van der Waals surface area contributed by atoms with E-state index in [4.69, 9.17) is 0 Å². The van der Waals surface area contributed by atoms with Crippen LogP contribution in [0.15, 0.2) is 18.2 Å². The Bertz CT molecular complexity index is 511. The van der Waals surface area contributed by atoms with Crippen LogP contribution >= 0.6 is 0 Å². The van der Waals surface area contributed by atoms with Crippen molar-refractivity contribution >= 4 is 17.3 Å². The Kier molecular flexibility index (Phi) is 4.26. The van der Waals surface area contributed by atoms with Crippen LogP contribution in [0, 0.1) is 6.92 Å². The van der Waals surface area contributed by atoms with Gasteiger partial charge in [0.2, 0.25) is 0 Å². The van der Waals surface area contributed by atoms with Gasteiger partial charge in [0.1, 0.15) is 0 Å². The molecule has 0 bridgehead atoms. The van der Waals surface area contributed by atoms with Crippen molar-refractivity contribution in [3.05, 3.63) is 23.8 Å². The Morgan fingerprint density at radius 1 is 1.15 bits per heavy atom. The van der Waals surface area contributed by atoms with E-state index < -0.39 is 18.0 Å². The van der Waals surface area contributed by atoms with Crippen molar-refractivity contribution < 1.29 is 26.7 Å². The van der Waals surface area contributed by atoms with Gasteiger partial charge in [-0.1, -0.05) is 0 Å². The molecule has 3 nitrogen and oxygen atoms in total. The summed E-state index contributed by atoms with van der Waals surface area (Å²) < 4.78 is 61.7. The van der Waals surface area contributed by atoms with Gasteiger partial charge < -0.3 is 10.2 Å². The lowest BCUT2D eigenvalue weighted by molar-refractivity contribution is -0.267. The Hall–Kier alpha value is -1.86. The van der Waals surface area contributed by atoms with Crippen molar-refractivity contribution in [1.29, 1.82) is 0 Å². The summed E-state index contributed by atoms with van der Waals surface area (Å²) in [6.07, 6.45) is -5.92. The number of halogens is 5. The molecule has 0 atom stereocenters. The molecule has 1 N–H and O–H groups in total. The fourth-order valence-electron chi connectivity index (χ4n) is 1.40. The van der Waals surface area contributed by atoms with E-state index in [2.05, 4.69) is 0 Å². The highest BCUT2D eigenvalue weighted by Crippen LogP contribution is 2.36. The Morgan fingerprint density at radius 2 is 1.70 bits per heavy atom. The van der Waals surface area contributed by atoms with Crippen LogP contribution in [-0.2, 0) is 4.79 Å². The van der Waals surface area contributed by atoms with E-state index in [1.54, 1.807) is 30.4 Å². The summed E-state index contributed by atoms with van der Waals surface area (Å²) in [6, 6.07) is 4.32. The van der Waals surface area contributed by atoms with Crippen molar-refractivity contribution in [3.8, 4) is 0 Å². The monoisotopic (exact) mass is 296 g/mol. The lowest BCUT2D eigenvalue weighted by atomic mass is 10.1. The van der Waals surface area contributed by atoms with Gasteiger partial charge in [-0.05, 0) is 30.7 Å². The van der Waals surface area contributed by atoms with Gasteiger partial charge in [0.25, 0.3) is 0 Å². The van der Waals surface area contributed by atoms with Crippen LogP contribution in [-0.4, -0.2) is 32.1 Å². The summed E-state index contributed by atoms with van der Waals surface area (Å²) in [4.78, 5) is 12.8. The second kappa shape index (κ2) is 5.26. The molecule has 0 aliphatic rings. The van der Waals surface area contributed by atoms with Crippen LogP contribution in [0.3, 0.4) is 0 Å². The number of benzene rings is 1. The molecule has 0 aromatic heterocycles. The van der Waals surface area contributed by atoms with Crippen molar-refractivity contribution in [2.45, 2.75) is 19.0 Å². The van der Waals surface area contributed by atoms with E-state index in [9.17, 15) is 26.7 Å². The highest BCUT2D eigenvalue weighted by atomic mass is 19.4. The summed E-state index contributed by atoms with van der Waals surface area (Å²) in [5.41, 5.74) is 1.01. The van der Waals surface area contributed by atoms with Gasteiger partial charge in [-0.25, -0.2) is 0 Å². The quantitative estimate of drug-likeness (QED) is 0.869. The molecular formula is C12H13F5N2O. The van der Waals surface area contributed by atoms with Gasteiger partial charge >= 0.3 is 18.0 Å². The van der Waals surface area contributed by atoms with E-state index >= 15 is 0 Å². The van der Waals surface area contributed by atoms with Crippen LogP contribution in [0.5, 0.6) is 0 Å². The molecular weight excluding hydrogens is 283 g/mol. The van der Waals surface area contributed by atoms with E-state index in [0.29, 0.717) is 5.56 Å². The SMILES string of the molecule is Cc1cc(N(C)C)ccc1NC(=O)C(F)(F)C(F)(F)F. The summed E-state index contributed by atoms with van der Waals surface area (Å²) in [5.74, 6) is -7.83. The first-order valence-corrected chi connectivity index (χ1v) is 5.51. The first kappa shape index (κ1) is 16.2. The highest BCUT2D eigenvalue weighted by Gasteiger charge is 2.63. The lowest BCUT2D eigenvalue weighted by Crippen LogP contribution is -2.47. The molecule has 8 heteroatoms. The van der Waals surface area contributed by atoms with Gasteiger partial charge in [-0.2, -0.15) is 22.0 Å². The van der Waals surface area contributed by atoms with Gasteiger partial charge in [-0.3, -0.25) is 4.79 Å². The van der Waals surface area contributed by atoms with Crippen LogP contribution in [0.2, 0.25) is 0 Å². The molecule has 0 saturated heterocycles. The van der Waals surface area contributed by atoms with Gasteiger partial charge in [0.15, 0.2) is 0 Å². The number of carbonyl (C=O) groups excluding carboxylic acids is 1. The van der Waals surface area contributed by atoms with Gasteiger partial charge in [0.05, 0.1) is 0 Å². The van der Waals surface area contributed by atoms with E-state index in [-0.39, 0.29) is 5.69 Å². The Labute approximate surface area is 112 Å². The molecule has 0 unspecified atom stereocenters. The number of hydrogen-bond acceptors (Lipinski definition) is 2. The lowest BCUT2D eigenvalue weighted by Gasteiger charge is -2.20. The molecule has 1 amide bonds. The summed E-state index contributed by atoms with van der Waals surface area (Å²) >= 11 is 0. The molecule has 0 radical (unpaired) electrons. The minimum Gasteiger partial charge on any atom is -0.378 e. The topological polar surface area (TPSA) is 32.3 Å². The average molecular weight is 296 g/mol. The molecule has 0 spiro atoms. The number of carbonyl (C=O) groups is 1. The van der Waals surface area contributed by atoms with Crippen molar-refractivity contribution in [3.63, 3.8) is 0 Å². The molecule has 1 aromatic carbocycles. The number of aryl methyl sites for hydroxylation is 1. The van der Waals surface area contributed by atoms with Crippen LogP contribution in [0.25, 0.3) is 0 Å². The maximum atomic E-state index is 12.8. The minimum atomic E-state index is -5.92. The fraction of sp³-hybridized carbons (Fsp3) is 0.417. The first-order chi connectivity index (χ1) is 8.96. The normalized spacial score (nSPS) is 12.2. The first-order valence-electron chi connectivity index (χ1n) is 5.51.